The summed E-state index contributed by atoms with van der Waals surface area (Å²) in [6.45, 7) is 6.83. The number of hydrogen-bond donors (Lipinski definition) is 0. The van der Waals surface area contributed by atoms with E-state index in [0.717, 1.165) is 36.8 Å². The standard InChI is InChI=1S/C32H36ClN3O3/c1-4-5-6-12-20-35(30(37)22-39-21-25-14-8-7-9-15-25)24(3)31-34-28-18-11-10-16-26(28)32(38)36(31)29-19-13-17-27(33)23(29)2/h7-11,13-19,24H,4-6,12,20-22H2,1-3H3. The van der Waals surface area contributed by atoms with Gasteiger partial charge in [-0.05, 0) is 55.7 Å². The van der Waals surface area contributed by atoms with E-state index in [1.807, 2.05) is 74.5 Å². The van der Waals surface area contributed by atoms with Gasteiger partial charge in [0.2, 0.25) is 5.91 Å². The van der Waals surface area contributed by atoms with Crippen LogP contribution in [0.5, 0.6) is 0 Å². The van der Waals surface area contributed by atoms with Crippen LogP contribution in [-0.4, -0.2) is 33.5 Å². The number of benzene rings is 3. The minimum Gasteiger partial charge on any atom is -0.367 e. The van der Waals surface area contributed by atoms with E-state index in [1.54, 1.807) is 21.6 Å². The van der Waals surface area contributed by atoms with Gasteiger partial charge in [0.25, 0.3) is 5.56 Å². The Hall–Kier alpha value is -3.48. The molecule has 0 aliphatic rings. The Morgan fingerprint density at radius 1 is 1.00 bits per heavy atom. The van der Waals surface area contributed by atoms with Gasteiger partial charge in [-0.3, -0.25) is 14.2 Å². The van der Waals surface area contributed by atoms with E-state index >= 15 is 0 Å². The number of halogens is 1. The first-order valence-corrected chi connectivity index (χ1v) is 14.0. The van der Waals surface area contributed by atoms with Crippen LogP contribution in [0.3, 0.4) is 0 Å². The van der Waals surface area contributed by atoms with Gasteiger partial charge in [0, 0.05) is 11.6 Å². The topological polar surface area (TPSA) is 64.4 Å². The minimum atomic E-state index is -0.477. The number of fused-ring (bicyclic) bond motifs is 1. The summed E-state index contributed by atoms with van der Waals surface area (Å²) in [6, 6.07) is 22.1. The Morgan fingerprint density at radius 2 is 1.74 bits per heavy atom. The first-order chi connectivity index (χ1) is 18.9. The summed E-state index contributed by atoms with van der Waals surface area (Å²) >= 11 is 6.47. The highest BCUT2D eigenvalue weighted by Gasteiger charge is 2.27. The molecule has 1 aromatic heterocycles. The molecule has 0 fully saturated rings. The second-order valence-corrected chi connectivity index (χ2v) is 10.2. The number of aromatic nitrogens is 2. The van der Waals surface area contributed by atoms with Crippen molar-refractivity contribution in [2.75, 3.05) is 13.2 Å². The lowest BCUT2D eigenvalue weighted by atomic mass is 10.1. The molecule has 0 saturated heterocycles. The van der Waals surface area contributed by atoms with Crippen molar-refractivity contribution in [3.05, 3.63) is 105 Å². The number of unbranched alkanes of at least 4 members (excludes halogenated alkanes) is 3. The predicted octanol–water partition coefficient (Wildman–Crippen LogP) is 7.03. The molecule has 3 aromatic carbocycles. The second-order valence-electron chi connectivity index (χ2n) is 9.81. The molecule has 7 heteroatoms. The van der Waals surface area contributed by atoms with E-state index < -0.39 is 6.04 Å². The molecule has 39 heavy (non-hydrogen) atoms. The normalized spacial score (nSPS) is 12.0. The van der Waals surface area contributed by atoms with Crippen molar-refractivity contribution >= 4 is 28.4 Å². The Balaban J connectivity index is 1.73. The van der Waals surface area contributed by atoms with E-state index in [9.17, 15) is 9.59 Å². The number of nitrogens with zero attached hydrogens (tertiary/aromatic N) is 3. The zero-order chi connectivity index (χ0) is 27.8. The molecule has 1 unspecified atom stereocenters. The number of rotatable bonds is 12. The molecule has 0 spiro atoms. The molecule has 0 radical (unpaired) electrons. The summed E-state index contributed by atoms with van der Waals surface area (Å²) < 4.78 is 7.44. The van der Waals surface area contributed by atoms with E-state index in [1.165, 1.54) is 0 Å². The molecule has 1 amide bonds. The third kappa shape index (κ3) is 6.75. The minimum absolute atomic E-state index is 0.0545. The average molecular weight is 546 g/mol. The van der Waals surface area contributed by atoms with Crippen LogP contribution in [-0.2, 0) is 16.1 Å². The van der Waals surface area contributed by atoms with Gasteiger partial charge >= 0.3 is 0 Å². The largest absolute Gasteiger partial charge is 0.367 e. The van der Waals surface area contributed by atoms with E-state index in [0.29, 0.717) is 40.6 Å². The van der Waals surface area contributed by atoms with E-state index in [2.05, 4.69) is 6.92 Å². The molecule has 0 bridgehead atoms. The van der Waals surface area contributed by atoms with E-state index in [4.69, 9.17) is 21.3 Å². The predicted molar refractivity (Wildman–Crippen MR) is 157 cm³/mol. The molecule has 6 nitrogen and oxygen atoms in total. The van der Waals surface area contributed by atoms with E-state index in [-0.39, 0.29) is 18.1 Å². The van der Waals surface area contributed by atoms with Gasteiger partial charge in [-0.15, -0.1) is 0 Å². The molecule has 0 aliphatic carbocycles. The lowest BCUT2D eigenvalue weighted by Crippen LogP contribution is -2.40. The summed E-state index contributed by atoms with van der Waals surface area (Å²) in [7, 11) is 0. The van der Waals surface area contributed by atoms with Crippen LogP contribution in [0.25, 0.3) is 16.6 Å². The zero-order valence-corrected chi connectivity index (χ0v) is 23.7. The van der Waals surface area contributed by atoms with Gasteiger partial charge in [-0.2, -0.15) is 0 Å². The number of para-hydroxylation sites is 1. The summed E-state index contributed by atoms with van der Waals surface area (Å²) in [6.07, 6.45) is 4.07. The monoisotopic (exact) mass is 545 g/mol. The fourth-order valence-corrected chi connectivity index (χ4v) is 4.97. The number of carbonyl (C=O) groups excluding carboxylic acids is 1. The van der Waals surface area contributed by atoms with Crippen LogP contribution >= 0.6 is 11.6 Å². The Bertz CT molecular complexity index is 1470. The molecule has 1 atom stereocenters. The van der Waals surface area contributed by atoms with Gasteiger partial charge in [0.1, 0.15) is 12.4 Å². The highest BCUT2D eigenvalue weighted by Crippen LogP contribution is 2.27. The molecule has 1 heterocycles. The van der Waals surface area contributed by atoms with Crippen LogP contribution in [0.4, 0.5) is 0 Å². The van der Waals surface area contributed by atoms with Crippen LogP contribution in [0.2, 0.25) is 5.02 Å². The summed E-state index contributed by atoms with van der Waals surface area (Å²) in [4.78, 5) is 34.2. The van der Waals surface area contributed by atoms with Gasteiger partial charge in [-0.1, -0.05) is 86.3 Å². The number of ether oxygens (including phenoxy) is 1. The molecule has 4 rings (SSSR count). The summed E-state index contributed by atoms with van der Waals surface area (Å²) in [5, 5.41) is 1.08. The maximum atomic E-state index is 13.9. The molecule has 4 aromatic rings. The van der Waals surface area contributed by atoms with Crippen molar-refractivity contribution in [3.63, 3.8) is 0 Å². The second kappa shape index (κ2) is 13.5. The Kier molecular flexibility index (Phi) is 9.90. The van der Waals surface area contributed by atoms with Gasteiger partial charge in [-0.25, -0.2) is 4.98 Å². The fourth-order valence-electron chi connectivity index (χ4n) is 4.80. The molecule has 0 saturated carbocycles. The molecule has 0 N–H and O–H groups in total. The molecular formula is C32H36ClN3O3. The Morgan fingerprint density at radius 3 is 2.51 bits per heavy atom. The van der Waals surface area contributed by atoms with Crippen molar-refractivity contribution < 1.29 is 9.53 Å². The van der Waals surface area contributed by atoms with Crippen molar-refractivity contribution in [2.45, 2.75) is 59.1 Å². The maximum Gasteiger partial charge on any atom is 0.266 e. The van der Waals surface area contributed by atoms with Crippen LogP contribution < -0.4 is 5.56 Å². The third-order valence-electron chi connectivity index (χ3n) is 7.03. The van der Waals surface area contributed by atoms with Crippen molar-refractivity contribution in [1.29, 1.82) is 0 Å². The zero-order valence-electron chi connectivity index (χ0n) is 22.9. The van der Waals surface area contributed by atoms with Crippen LogP contribution in [0.1, 0.15) is 62.5 Å². The number of amides is 1. The fraction of sp³-hybridized carbons (Fsp3) is 0.344. The van der Waals surface area contributed by atoms with Crippen molar-refractivity contribution in [2.24, 2.45) is 0 Å². The number of carbonyl (C=O) groups is 1. The lowest BCUT2D eigenvalue weighted by Gasteiger charge is -2.31. The Labute approximate surface area is 235 Å². The van der Waals surface area contributed by atoms with Crippen molar-refractivity contribution in [1.82, 2.24) is 14.5 Å². The smallest absolute Gasteiger partial charge is 0.266 e. The molecular weight excluding hydrogens is 510 g/mol. The first-order valence-electron chi connectivity index (χ1n) is 13.6. The first kappa shape index (κ1) is 28.5. The SMILES string of the molecule is CCCCCCN(C(=O)COCc1ccccc1)C(C)c1nc2ccccc2c(=O)n1-c1cccc(Cl)c1C. The van der Waals surface area contributed by atoms with Gasteiger partial charge < -0.3 is 9.64 Å². The van der Waals surface area contributed by atoms with Crippen molar-refractivity contribution in [3.8, 4) is 5.69 Å². The molecule has 204 valence electrons. The average Bonchev–Trinajstić information content (AvgIpc) is 2.95. The quantitative estimate of drug-likeness (QED) is 0.179. The van der Waals surface area contributed by atoms with Crippen LogP contribution in [0, 0.1) is 6.92 Å². The highest BCUT2D eigenvalue weighted by atomic mass is 35.5. The maximum absolute atomic E-state index is 13.9. The summed E-state index contributed by atoms with van der Waals surface area (Å²) in [5.41, 5.74) is 2.85. The van der Waals surface area contributed by atoms with Crippen LogP contribution in [0.15, 0.2) is 77.6 Å². The number of hydrogen-bond acceptors (Lipinski definition) is 4. The molecule has 0 aliphatic heterocycles. The lowest BCUT2D eigenvalue weighted by molar-refractivity contribution is -0.139. The third-order valence-corrected chi connectivity index (χ3v) is 7.44. The van der Waals surface area contributed by atoms with Gasteiger partial charge in [0.15, 0.2) is 0 Å². The highest BCUT2D eigenvalue weighted by molar-refractivity contribution is 6.31. The summed E-state index contributed by atoms with van der Waals surface area (Å²) in [5.74, 6) is 0.364. The van der Waals surface area contributed by atoms with Gasteiger partial charge in [0.05, 0.1) is 29.2 Å².